The van der Waals surface area contributed by atoms with E-state index in [-0.39, 0.29) is 18.0 Å². The second-order valence-corrected chi connectivity index (χ2v) is 13.1. The van der Waals surface area contributed by atoms with Crippen LogP contribution in [0.25, 0.3) is 10.8 Å². The number of aliphatic hydroxyl groups is 7. The van der Waals surface area contributed by atoms with Crippen molar-refractivity contribution in [2.75, 3.05) is 45.4 Å². The first-order chi connectivity index (χ1) is 21.4. The number of sulfonamides is 1. The van der Waals surface area contributed by atoms with Crippen molar-refractivity contribution >= 4 is 26.5 Å². The average molecular weight is 661 g/mol. The van der Waals surface area contributed by atoms with Crippen LogP contribution in [0.3, 0.4) is 0 Å². The third-order valence-electron chi connectivity index (χ3n) is 7.99. The Balaban J connectivity index is 1.23. The van der Waals surface area contributed by atoms with Gasteiger partial charge in [0.25, 0.3) is 0 Å². The van der Waals surface area contributed by atoms with Crippen LogP contribution in [0, 0.1) is 0 Å². The number of ether oxygens (including phenoxy) is 4. The Morgan fingerprint density at radius 2 is 1.42 bits per heavy atom. The second kappa shape index (κ2) is 15.7. The molecule has 0 bridgehead atoms. The minimum atomic E-state index is -3.77. The van der Waals surface area contributed by atoms with Crippen molar-refractivity contribution in [2.24, 2.45) is 0 Å². The molecule has 15 nitrogen and oxygen atoms in total. The second-order valence-electron chi connectivity index (χ2n) is 11.4. The number of nitrogens with one attached hydrogen (secondary N) is 1. The molecule has 0 saturated carbocycles. The largest absolute Gasteiger partial charge is 0.394 e. The van der Waals surface area contributed by atoms with E-state index in [0.29, 0.717) is 24.6 Å². The van der Waals surface area contributed by atoms with Crippen LogP contribution in [-0.4, -0.2) is 146 Å². The summed E-state index contributed by atoms with van der Waals surface area (Å²) in [5, 5.41) is 72.1. The first-order valence-electron chi connectivity index (χ1n) is 14.8. The zero-order valence-corrected chi connectivity index (χ0v) is 25.9. The molecular formula is C29H44N2O13S. The van der Waals surface area contributed by atoms with E-state index in [4.69, 9.17) is 18.9 Å². The third kappa shape index (κ3) is 8.10. The number of aliphatic hydroxyl groups excluding tert-OH is 7. The van der Waals surface area contributed by atoms with Gasteiger partial charge >= 0.3 is 0 Å². The summed E-state index contributed by atoms with van der Waals surface area (Å²) in [4.78, 5) is 2.12. The van der Waals surface area contributed by atoms with Crippen molar-refractivity contribution in [1.82, 2.24) is 4.72 Å². The fourth-order valence-electron chi connectivity index (χ4n) is 5.47. The van der Waals surface area contributed by atoms with Gasteiger partial charge in [0.1, 0.15) is 48.8 Å². The summed E-state index contributed by atoms with van der Waals surface area (Å²) in [6.45, 7) is -1.07. The molecule has 254 valence electrons. The van der Waals surface area contributed by atoms with Crippen LogP contribution in [0.15, 0.2) is 41.3 Å². The Bertz CT molecular complexity index is 1340. The van der Waals surface area contributed by atoms with Crippen LogP contribution in [0.4, 0.5) is 5.69 Å². The van der Waals surface area contributed by atoms with E-state index in [9.17, 15) is 44.2 Å². The SMILES string of the molecule is CN(C)c1cccc2c(S(=O)(=O)NCCCCCO[C@@H]3O[C@H](CO)[C@@H](O[C@@H]4O[C@H](CO)[C@H](O)[C@H](O)[C@H]4O)[C@H](O)[C@H]3O)cccc12. The number of anilines is 1. The van der Waals surface area contributed by atoms with Crippen molar-refractivity contribution in [3.05, 3.63) is 36.4 Å². The van der Waals surface area contributed by atoms with Gasteiger partial charge in [0, 0.05) is 43.7 Å². The number of nitrogens with zero attached hydrogens (tertiary/aromatic N) is 1. The molecule has 0 aromatic heterocycles. The highest BCUT2D eigenvalue weighted by Crippen LogP contribution is 2.31. The molecular weight excluding hydrogens is 616 g/mol. The maximum atomic E-state index is 13.1. The van der Waals surface area contributed by atoms with Gasteiger partial charge in [-0.15, -0.1) is 0 Å². The van der Waals surface area contributed by atoms with Gasteiger partial charge in [-0.05, 0) is 31.4 Å². The highest BCUT2D eigenvalue weighted by Gasteiger charge is 2.50. The molecule has 8 N–H and O–H groups in total. The fourth-order valence-corrected chi connectivity index (χ4v) is 6.76. The Morgan fingerprint density at radius 3 is 2.11 bits per heavy atom. The lowest BCUT2D eigenvalue weighted by atomic mass is 9.97. The van der Waals surface area contributed by atoms with E-state index in [2.05, 4.69) is 4.72 Å². The van der Waals surface area contributed by atoms with Crippen LogP contribution in [-0.2, 0) is 29.0 Å². The van der Waals surface area contributed by atoms with Crippen molar-refractivity contribution in [3.63, 3.8) is 0 Å². The van der Waals surface area contributed by atoms with Gasteiger partial charge in [0.15, 0.2) is 12.6 Å². The summed E-state index contributed by atoms with van der Waals surface area (Å²) >= 11 is 0. The molecule has 45 heavy (non-hydrogen) atoms. The van der Waals surface area contributed by atoms with Crippen LogP contribution < -0.4 is 9.62 Å². The molecule has 2 aromatic rings. The smallest absolute Gasteiger partial charge is 0.241 e. The average Bonchev–Trinajstić information content (AvgIpc) is 3.02. The summed E-state index contributed by atoms with van der Waals surface area (Å²) in [6, 6.07) is 10.7. The molecule has 2 saturated heterocycles. The molecule has 0 amide bonds. The van der Waals surface area contributed by atoms with Crippen LogP contribution in [0.1, 0.15) is 19.3 Å². The molecule has 4 rings (SSSR count). The monoisotopic (exact) mass is 660 g/mol. The lowest BCUT2D eigenvalue weighted by molar-refractivity contribution is -0.359. The Labute approximate surface area is 261 Å². The first-order valence-corrected chi connectivity index (χ1v) is 16.3. The van der Waals surface area contributed by atoms with E-state index >= 15 is 0 Å². The highest BCUT2D eigenvalue weighted by molar-refractivity contribution is 7.89. The van der Waals surface area contributed by atoms with Gasteiger partial charge < -0.3 is 59.6 Å². The molecule has 0 aliphatic carbocycles. The van der Waals surface area contributed by atoms with Crippen molar-refractivity contribution in [1.29, 1.82) is 0 Å². The van der Waals surface area contributed by atoms with Gasteiger partial charge in [0.2, 0.25) is 10.0 Å². The molecule has 2 fully saturated rings. The lowest BCUT2D eigenvalue weighted by Gasteiger charge is -2.45. The van der Waals surface area contributed by atoms with Crippen LogP contribution in [0.2, 0.25) is 0 Å². The molecule has 2 aliphatic rings. The standard InChI is InChI=1S/C29H44N2O13S/c1-31(2)18-10-6-9-17-16(18)8-7-11-21(17)45(39,40)30-12-4-3-5-13-41-28-26(38)24(36)27(20(15-33)43-28)44-29-25(37)23(35)22(34)19(14-32)42-29/h6-11,19-20,22-30,32-38H,3-5,12-15H2,1-2H3/t19-,20-,22+,23+,24-,25-,26-,27-,28-,29+/m1/s1. The summed E-state index contributed by atoms with van der Waals surface area (Å²) in [5.41, 5.74) is 0.909. The minimum Gasteiger partial charge on any atom is -0.394 e. The maximum Gasteiger partial charge on any atom is 0.241 e. The number of benzene rings is 2. The van der Waals surface area contributed by atoms with Gasteiger partial charge in [0.05, 0.1) is 18.1 Å². The number of fused-ring (bicyclic) bond motifs is 1. The molecule has 0 spiro atoms. The molecule has 0 unspecified atom stereocenters. The van der Waals surface area contributed by atoms with Gasteiger partial charge in [-0.1, -0.05) is 24.3 Å². The predicted octanol–water partition coefficient (Wildman–Crippen LogP) is -2.00. The Hall–Kier alpha value is -2.03. The van der Waals surface area contributed by atoms with Crippen LogP contribution in [0.5, 0.6) is 0 Å². The van der Waals surface area contributed by atoms with Crippen molar-refractivity contribution in [3.8, 4) is 0 Å². The number of unbranched alkanes of at least 4 members (excludes halogenated alkanes) is 2. The maximum absolute atomic E-state index is 13.1. The van der Waals surface area contributed by atoms with E-state index in [1.165, 1.54) is 0 Å². The molecule has 0 radical (unpaired) electrons. The summed E-state index contributed by atoms with van der Waals surface area (Å²) < 4.78 is 50.8. The molecule has 2 aromatic carbocycles. The van der Waals surface area contributed by atoms with Crippen LogP contribution >= 0.6 is 0 Å². The van der Waals surface area contributed by atoms with E-state index in [1.807, 2.05) is 37.2 Å². The van der Waals surface area contributed by atoms with Gasteiger partial charge in [-0.25, -0.2) is 13.1 Å². The predicted molar refractivity (Wildman–Crippen MR) is 160 cm³/mol. The topological polar surface area (TPSA) is 228 Å². The third-order valence-corrected chi connectivity index (χ3v) is 9.51. The fraction of sp³-hybridized carbons (Fsp3) is 0.655. The van der Waals surface area contributed by atoms with E-state index in [0.717, 1.165) is 11.1 Å². The van der Waals surface area contributed by atoms with Gasteiger partial charge in [-0.3, -0.25) is 0 Å². The van der Waals surface area contributed by atoms with Crippen molar-refractivity contribution < 1.29 is 63.1 Å². The van der Waals surface area contributed by atoms with E-state index < -0.39 is 84.6 Å². The van der Waals surface area contributed by atoms with Crippen molar-refractivity contribution in [2.45, 2.75) is 85.6 Å². The zero-order chi connectivity index (χ0) is 32.9. The number of rotatable bonds is 14. The quantitative estimate of drug-likeness (QED) is 0.103. The Kier molecular flexibility index (Phi) is 12.5. The summed E-state index contributed by atoms with van der Waals surface area (Å²) in [7, 11) is 0.0171. The van der Waals surface area contributed by atoms with E-state index in [1.54, 1.807) is 18.2 Å². The van der Waals surface area contributed by atoms with Gasteiger partial charge in [-0.2, -0.15) is 0 Å². The number of hydrogen-bond acceptors (Lipinski definition) is 14. The minimum absolute atomic E-state index is 0.0915. The lowest BCUT2D eigenvalue weighted by Crippen LogP contribution is -2.64. The zero-order valence-electron chi connectivity index (χ0n) is 25.1. The number of hydrogen-bond donors (Lipinski definition) is 8. The molecule has 2 heterocycles. The summed E-state index contributed by atoms with van der Waals surface area (Å²) in [6.07, 6.45) is -13.7. The molecule has 16 heteroatoms. The molecule has 2 aliphatic heterocycles. The normalized spacial score (nSPS) is 32.6. The summed E-state index contributed by atoms with van der Waals surface area (Å²) in [5.74, 6) is 0. The highest BCUT2D eigenvalue weighted by atomic mass is 32.2. The Morgan fingerprint density at radius 1 is 0.778 bits per heavy atom. The molecule has 10 atom stereocenters. The first kappa shape index (κ1) is 35.8.